The van der Waals surface area contributed by atoms with Crippen LogP contribution in [0, 0.1) is 12.3 Å². The van der Waals surface area contributed by atoms with E-state index in [-0.39, 0.29) is 23.0 Å². The third kappa shape index (κ3) is 6.67. The molecule has 1 N–H and O–H groups in total. The van der Waals surface area contributed by atoms with E-state index in [4.69, 9.17) is 24.2 Å². The Kier molecular flexibility index (Phi) is 8.96. The van der Waals surface area contributed by atoms with E-state index in [1.165, 1.54) is 6.08 Å². The number of amides is 1. The minimum atomic E-state index is -4.57. The average molecular weight is 761 g/mol. The predicted molar refractivity (Wildman–Crippen MR) is 203 cm³/mol. The summed E-state index contributed by atoms with van der Waals surface area (Å²) in [6, 6.07) is 6.03. The van der Waals surface area contributed by atoms with Gasteiger partial charge in [-0.15, -0.1) is 0 Å². The molecule has 0 radical (unpaired) electrons. The number of H-pyrrole nitrogens is 1. The Hall–Kier alpha value is -4.47. The van der Waals surface area contributed by atoms with Gasteiger partial charge in [0.05, 0.1) is 38.0 Å². The molecule has 5 aliphatic rings. The summed E-state index contributed by atoms with van der Waals surface area (Å²) in [6.07, 6.45) is 2.10. The number of nitrogens with one attached hydrogen (secondary N) is 1. The predicted octanol–water partition coefficient (Wildman–Crippen LogP) is 5.45. The largest absolute Gasteiger partial charge is 0.481 e. The number of carbonyl (C=O) groups excluding carboxylic acids is 1. The van der Waals surface area contributed by atoms with Crippen LogP contribution in [0.5, 0.6) is 5.75 Å². The summed E-state index contributed by atoms with van der Waals surface area (Å²) in [6.45, 7) is 11.7. The highest BCUT2D eigenvalue weighted by Gasteiger charge is 2.50. The minimum absolute atomic E-state index is 0.0336. The number of hydrogen-bond acceptors (Lipinski definition) is 10. The Balaban J connectivity index is 1.17. The van der Waals surface area contributed by atoms with Gasteiger partial charge in [-0.25, -0.2) is 4.98 Å². The van der Waals surface area contributed by atoms with Crippen LogP contribution in [0.3, 0.4) is 0 Å². The summed E-state index contributed by atoms with van der Waals surface area (Å²) < 4.78 is 60.1. The van der Waals surface area contributed by atoms with E-state index in [1.807, 2.05) is 24.0 Å². The molecule has 2 spiro atoms. The molecule has 1 aliphatic carbocycles. The first kappa shape index (κ1) is 36.2. The zero-order valence-corrected chi connectivity index (χ0v) is 31.4. The molecule has 4 aromatic rings. The first-order valence-corrected chi connectivity index (χ1v) is 19.3. The highest BCUT2D eigenvalue weighted by Crippen LogP contribution is 2.53. The van der Waals surface area contributed by atoms with Gasteiger partial charge in [-0.2, -0.15) is 23.3 Å². The van der Waals surface area contributed by atoms with Crippen molar-refractivity contribution in [2.45, 2.75) is 50.3 Å². The standard InChI is InChI=1S/C40H47F3N8O4/c1-4-31(52)50-19-38(20-50)9-11-49(12-10-38)36-28-17-27(26-6-7-26)33(32-25(2)5-8-30-29(32)18-44-47-30)35(54-24-40(41,42)43)34(28)45-37(46-36)51-22-39(23-51)21-48(13-15-53-3)14-16-55-39/h4-5,8,17-18,26H,1,6-7,9-16,19-24H2,2-3H3,(H,44,47). The van der Waals surface area contributed by atoms with Gasteiger partial charge in [0, 0.05) is 74.7 Å². The quantitative estimate of drug-likeness (QED) is 0.210. The van der Waals surface area contributed by atoms with Gasteiger partial charge in [0.1, 0.15) is 16.9 Å². The maximum atomic E-state index is 14.1. The van der Waals surface area contributed by atoms with E-state index in [9.17, 15) is 18.0 Å². The maximum Gasteiger partial charge on any atom is 0.422 e. The van der Waals surface area contributed by atoms with E-state index >= 15 is 0 Å². The molecule has 1 saturated carbocycles. The summed E-state index contributed by atoms with van der Waals surface area (Å²) in [5.41, 5.74) is 4.08. The Bertz CT molecular complexity index is 2130. The van der Waals surface area contributed by atoms with Crippen molar-refractivity contribution >= 4 is 39.5 Å². The number of nitrogens with zero attached hydrogens (tertiary/aromatic N) is 7. The third-order valence-corrected chi connectivity index (χ3v) is 12.3. The molecular formula is C40H47F3N8O4. The number of fused-ring (bicyclic) bond motifs is 2. The lowest BCUT2D eigenvalue weighted by Gasteiger charge is -2.54. The molecule has 0 atom stereocenters. The second-order valence-electron chi connectivity index (χ2n) is 16.2. The van der Waals surface area contributed by atoms with Gasteiger partial charge in [-0.1, -0.05) is 12.6 Å². The number of morpholine rings is 1. The molecule has 6 heterocycles. The number of likely N-dealkylation sites (tertiary alicyclic amines) is 1. The van der Waals surface area contributed by atoms with Crippen molar-refractivity contribution in [2.24, 2.45) is 5.41 Å². The number of rotatable bonds is 10. The van der Waals surface area contributed by atoms with Crippen LogP contribution < -0.4 is 14.5 Å². The summed E-state index contributed by atoms with van der Waals surface area (Å²) >= 11 is 0. The molecular weight excluding hydrogens is 713 g/mol. The molecule has 4 saturated heterocycles. The number of aromatic amines is 1. The number of halogens is 3. The number of anilines is 2. The van der Waals surface area contributed by atoms with Gasteiger partial charge >= 0.3 is 6.18 Å². The van der Waals surface area contributed by atoms with E-state index in [0.717, 1.165) is 72.9 Å². The Morgan fingerprint density at radius 3 is 2.55 bits per heavy atom. The van der Waals surface area contributed by atoms with E-state index in [2.05, 4.69) is 37.5 Å². The number of aromatic nitrogens is 4. The van der Waals surface area contributed by atoms with Crippen molar-refractivity contribution in [3.8, 4) is 16.9 Å². The van der Waals surface area contributed by atoms with Crippen molar-refractivity contribution in [2.75, 3.05) is 95.6 Å². The van der Waals surface area contributed by atoms with Crippen LogP contribution in [0.4, 0.5) is 24.9 Å². The fourth-order valence-corrected chi connectivity index (χ4v) is 9.21. The molecule has 292 valence electrons. The SMILES string of the molecule is C=CC(=O)N1CC2(CCN(c3nc(N4CC5(CN(CCOC)CCO5)C4)nc4c(OCC(F)(F)F)c(-c5c(C)ccc6[nH]ncc56)c(C5CC5)cc34)CC2)C1. The number of aryl methyl sites for hydroxylation is 1. The number of ether oxygens (including phenoxy) is 3. The van der Waals surface area contributed by atoms with Gasteiger partial charge in [0.15, 0.2) is 12.4 Å². The van der Waals surface area contributed by atoms with E-state index < -0.39 is 18.4 Å². The second kappa shape index (κ2) is 13.6. The third-order valence-electron chi connectivity index (χ3n) is 12.3. The van der Waals surface area contributed by atoms with Crippen molar-refractivity contribution in [3.63, 3.8) is 0 Å². The molecule has 12 nitrogen and oxygen atoms in total. The molecule has 0 bridgehead atoms. The van der Waals surface area contributed by atoms with Crippen LogP contribution in [0.1, 0.15) is 42.7 Å². The second-order valence-corrected chi connectivity index (χ2v) is 16.2. The fraction of sp³-hybridized carbons (Fsp3) is 0.550. The van der Waals surface area contributed by atoms with E-state index in [0.29, 0.717) is 80.7 Å². The van der Waals surface area contributed by atoms with Crippen molar-refractivity contribution in [3.05, 3.63) is 48.2 Å². The number of alkyl halides is 3. The van der Waals surface area contributed by atoms with Crippen molar-refractivity contribution in [1.29, 1.82) is 0 Å². The summed E-state index contributed by atoms with van der Waals surface area (Å²) in [5.74, 6) is 1.38. The Morgan fingerprint density at radius 1 is 1.05 bits per heavy atom. The van der Waals surface area contributed by atoms with Crippen LogP contribution in [-0.4, -0.2) is 133 Å². The molecule has 4 aliphatic heterocycles. The van der Waals surface area contributed by atoms with Crippen molar-refractivity contribution < 1.29 is 32.2 Å². The maximum absolute atomic E-state index is 14.1. The fourth-order valence-electron chi connectivity index (χ4n) is 9.21. The summed E-state index contributed by atoms with van der Waals surface area (Å²) in [7, 11) is 1.70. The lowest BCUT2D eigenvalue weighted by atomic mass is 9.72. The van der Waals surface area contributed by atoms with Crippen LogP contribution >= 0.6 is 0 Å². The minimum Gasteiger partial charge on any atom is -0.481 e. The Morgan fingerprint density at radius 2 is 1.84 bits per heavy atom. The van der Waals surface area contributed by atoms with Gasteiger partial charge in [0.25, 0.3) is 0 Å². The lowest BCUT2D eigenvalue weighted by Crippen LogP contribution is -2.70. The number of piperidine rings is 1. The first-order valence-electron chi connectivity index (χ1n) is 19.3. The van der Waals surface area contributed by atoms with Gasteiger partial charge in [0.2, 0.25) is 11.9 Å². The molecule has 0 unspecified atom stereocenters. The highest BCUT2D eigenvalue weighted by molar-refractivity contribution is 6.06. The van der Waals surface area contributed by atoms with Crippen LogP contribution in [0.15, 0.2) is 37.1 Å². The van der Waals surface area contributed by atoms with Crippen LogP contribution in [-0.2, 0) is 14.3 Å². The lowest BCUT2D eigenvalue weighted by molar-refractivity contribution is -0.153. The van der Waals surface area contributed by atoms with Gasteiger partial charge in [-0.3, -0.25) is 14.8 Å². The zero-order valence-electron chi connectivity index (χ0n) is 31.4. The topological polar surface area (TPSA) is 112 Å². The molecule has 2 aromatic heterocycles. The molecule has 1 amide bonds. The first-order chi connectivity index (χ1) is 26.5. The highest BCUT2D eigenvalue weighted by atomic mass is 19.4. The molecule has 55 heavy (non-hydrogen) atoms. The molecule has 2 aromatic carbocycles. The smallest absolute Gasteiger partial charge is 0.422 e. The van der Waals surface area contributed by atoms with Crippen LogP contribution in [0.25, 0.3) is 32.9 Å². The van der Waals surface area contributed by atoms with E-state index in [1.54, 1.807) is 13.3 Å². The normalized spacial score (nSPS) is 21.0. The monoisotopic (exact) mass is 760 g/mol. The van der Waals surface area contributed by atoms with Gasteiger partial charge in [-0.05, 0) is 73.4 Å². The Labute approximate surface area is 317 Å². The van der Waals surface area contributed by atoms with Crippen molar-refractivity contribution in [1.82, 2.24) is 30.0 Å². The number of methoxy groups -OCH3 is 1. The zero-order chi connectivity index (χ0) is 38.1. The number of carbonyl (C=O) groups is 1. The van der Waals surface area contributed by atoms with Gasteiger partial charge < -0.3 is 28.9 Å². The number of benzene rings is 2. The number of hydrogen-bond donors (Lipinski definition) is 1. The summed E-state index contributed by atoms with van der Waals surface area (Å²) in [4.78, 5) is 31.2. The molecule has 15 heteroatoms. The summed E-state index contributed by atoms with van der Waals surface area (Å²) in [5, 5.41) is 8.84. The van der Waals surface area contributed by atoms with Crippen LogP contribution in [0.2, 0.25) is 0 Å². The molecule has 5 fully saturated rings. The molecule has 9 rings (SSSR count). The average Bonchev–Trinajstić information content (AvgIpc) is 3.89.